The Balaban J connectivity index is 1.68. The molecule has 3 amide bonds. The average Bonchev–Trinajstić information content (AvgIpc) is 2.74. The number of nitrogens with one attached hydrogen (secondary N) is 3. The van der Waals surface area contributed by atoms with Crippen LogP contribution >= 0.6 is 0 Å². The van der Waals surface area contributed by atoms with Crippen LogP contribution in [-0.4, -0.2) is 24.3 Å². The Bertz CT molecular complexity index is 793. The fourth-order valence-electron chi connectivity index (χ4n) is 2.32. The van der Waals surface area contributed by atoms with Gasteiger partial charge in [-0.1, -0.05) is 43.3 Å². The van der Waals surface area contributed by atoms with Crippen LogP contribution in [0.4, 0.5) is 0 Å². The lowest BCUT2D eigenvalue weighted by molar-refractivity contribution is -0.126. The van der Waals surface area contributed by atoms with Gasteiger partial charge in [0.15, 0.2) is 0 Å². The summed E-state index contributed by atoms with van der Waals surface area (Å²) in [4.78, 5) is 35.8. The van der Waals surface area contributed by atoms with Crippen molar-refractivity contribution in [2.24, 2.45) is 0 Å². The summed E-state index contributed by atoms with van der Waals surface area (Å²) >= 11 is 0. The molecular formula is C21H25N3O4. The molecule has 0 aliphatic carbocycles. The number of carbonyl (C=O) groups is 3. The predicted molar refractivity (Wildman–Crippen MR) is 105 cm³/mol. The highest BCUT2D eigenvalue weighted by molar-refractivity contribution is 5.96. The minimum absolute atomic E-state index is 0.0272. The zero-order valence-corrected chi connectivity index (χ0v) is 15.9. The van der Waals surface area contributed by atoms with E-state index in [0.717, 1.165) is 12.0 Å². The number of amides is 3. The largest absolute Gasteiger partial charge is 0.494 e. The summed E-state index contributed by atoms with van der Waals surface area (Å²) in [6.45, 7) is 2.97. The Morgan fingerprint density at radius 3 is 2.39 bits per heavy atom. The van der Waals surface area contributed by atoms with Gasteiger partial charge in [-0.15, -0.1) is 0 Å². The fourth-order valence-corrected chi connectivity index (χ4v) is 2.32. The zero-order valence-electron chi connectivity index (χ0n) is 15.9. The SMILES string of the molecule is CCCOc1cccc(C(=O)NNC(=O)CCC(=O)NCc2ccccc2)c1. The molecule has 0 bridgehead atoms. The van der Waals surface area contributed by atoms with E-state index in [1.807, 2.05) is 37.3 Å². The molecule has 2 aromatic carbocycles. The standard InChI is InChI=1S/C21H25N3O4/c1-2-13-28-18-10-6-9-17(14-18)21(27)24-23-20(26)12-11-19(25)22-15-16-7-4-3-5-8-16/h3-10,14H,2,11-13,15H2,1H3,(H,22,25)(H,23,26)(H,24,27). The van der Waals surface area contributed by atoms with Crippen LogP contribution in [0.5, 0.6) is 5.75 Å². The van der Waals surface area contributed by atoms with Crippen LogP contribution in [0.3, 0.4) is 0 Å². The van der Waals surface area contributed by atoms with Gasteiger partial charge in [0, 0.05) is 24.9 Å². The number of hydrogen-bond donors (Lipinski definition) is 3. The smallest absolute Gasteiger partial charge is 0.269 e. The van der Waals surface area contributed by atoms with Gasteiger partial charge >= 0.3 is 0 Å². The highest BCUT2D eigenvalue weighted by Gasteiger charge is 2.10. The summed E-state index contributed by atoms with van der Waals surface area (Å²) in [5, 5.41) is 2.75. The molecule has 0 unspecified atom stereocenters. The summed E-state index contributed by atoms with van der Waals surface area (Å²) in [5.74, 6) is -0.535. The summed E-state index contributed by atoms with van der Waals surface area (Å²) in [5.41, 5.74) is 6.01. The Kier molecular flexibility index (Phi) is 8.52. The van der Waals surface area contributed by atoms with E-state index >= 15 is 0 Å². The third kappa shape index (κ3) is 7.49. The number of hydrazine groups is 1. The first-order valence-electron chi connectivity index (χ1n) is 9.21. The van der Waals surface area contributed by atoms with Crippen molar-refractivity contribution in [2.75, 3.05) is 6.61 Å². The fraction of sp³-hybridized carbons (Fsp3) is 0.286. The molecule has 0 radical (unpaired) electrons. The van der Waals surface area contributed by atoms with E-state index in [4.69, 9.17) is 4.74 Å². The van der Waals surface area contributed by atoms with E-state index in [1.54, 1.807) is 24.3 Å². The molecule has 0 saturated carbocycles. The van der Waals surface area contributed by atoms with Gasteiger partial charge in [-0.3, -0.25) is 25.2 Å². The number of carbonyl (C=O) groups excluding carboxylic acids is 3. The van der Waals surface area contributed by atoms with Crippen molar-refractivity contribution in [3.8, 4) is 5.75 Å². The second kappa shape index (κ2) is 11.4. The predicted octanol–water partition coefficient (Wildman–Crippen LogP) is 2.33. The lowest BCUT2D eigenvalue weighted by Gasteiger charge is -2.09. The lowest BCUT2D eigenvalue weighted by Crippen LogP contribution is -2.42. The molecule has 7 heteroatoms. The molecule has 0 spiro atoms. The molecule has 3 N–H and O–H groups in total. The third-order valence-electron chi connectivity index (χ3n) is 3.80. The minimum atomic E-state index is -0.455. The molecule has 0 aromatic heterocycles. The molecule has 0 fully saturated rings. The van der Waals surface area contributed by atoms with E-state index in [-0.39, 0.29) is 18.7 Å². The second-order valence-electron chi connectivity index (χ2n) is 6.14. The van der Waals surface area contributed by atoms with Gasteiger partial charge in [-0.05, 0) is 30.2 Å². The van der Waals surface area contributed by atoms with Crippen molar-refractivity contribution >= 4 is 17.7 Å². The average molecular weight is 383 g/mol. The molecule has 2 rings (SSSR count). The van der Waals surface area contributed by atoms with Crippen molar-refractivity contribution in [2.45, 2.75) is 32.7 Å². The van der Waals surface area contributed by atoms with Gasteiger partial charge in [0.05, 0.1) is 6.61 Å². The quantitative estimate of drug-likeness (QED) is 0.579. The molecule has 0 atom stereocenters. The van der Waals surface area contributed by atoms with Crippen molar-refractivity contribution in [1.82, 2.24) is 16.2 Å². The Labute approximate surface area is 164 Å². The van der Waals surface area contributed by atoms with Gasteiger partial charge in [0.25, 0.3) is 5.91 Å². The van der Waals surface area contributed by atoms with Gasteiger partial charge in [0.1, 0.15) is 5.75 Å². The van der Waals surface area contributed by atoms with Gasteiger partial charge in [-0.25, -0.2) is 0 Å². The lowest BCUT2D eigenvalue weighted by atomic mass is 10.2. The highest BCUT2D eigenvalue weighted by Crippen LogP contribution is 2.13. The van der Waals surface area contributed by atoms with Gasteiger partial charge < -0.3 is 10.1 Å². The monoisotopic (exact) mass is 383 g/mol. The number of hydrogen-bond acceptors (Lipinski definition) is 4. The first-order valence-corrected chi connectivity index (χ1v) is 9.21. The maximum Gasteiger partial charge on any atom is 0.269 e. The Hall–Kier alpha value is -3.35. The van der Waals surface area contributed by atoms with Gasteiger partial charge in [-0.2, -0.15) is 0 Å². The third-order valence-corrected chi connectivity index (χ3v) is 3.80. The Morgan fingerprint density at radius 2 is 1.64 bits per heavy atom. The second-order valence-corrected chi connectivity index (χ2v) is 6.14. The summed E-state index contributed by atoms with van der Waals surface area (Å²) < 4.78 is 5.48. The first kappa shape index (κ1) is 21.0. The van der Waals surface area contributed by atoms with Crippen LogP contribution in [0.25, 0.3) is 0 Å². The van der Waals surface area contributed by atoms with Crippen LogP contribution in [-0.2, 0) is 16.1 Å². The summed E-state index contributed by atoms with van der Waals surface area (Å²) in [7, 11) is 0. The molecule has 0 saturated heterocycles. The summed E-state index contributed by atoms with van der Waals surface area (Å²) in [6.07, 6.45) is 0.876. The molecule has 28 heavy (non-hydrogen) atoms. The van der Waals surface area contributed by atoms with E-state index in [9.17, 15) is 14.4 Å². The molecule has 0 heterocycles. The van der Waals surface area contributed by atoms with Crippen LogP contribution < -0.4 is 20.9 Å². The Morgan fingerprint density at radius 1 is 0.893 bits per heavy atom. The first-order chi connectivity index (χ1) is 13.6. The van der Waals surface area contributed by atoms with Crippen molar-refractivity contribution < 1.29 is 19.1 Å². The van der Waals surface area contributed by atoms with E-state index in [0.29, 0.717) is 24.5 Å². The molecule has 7 nitrogen and oxygen atoms in total. The van der Waals surface area contributed by atoms with Crippen LogP contribution in [0, 0.1) is 0 Å². The summed E-state index contributed by atoms with van der Waals surface area (Å²) in [6, 6.07) is 16.2. The molecule has 148 valence electrons. The topological polar surface area (TPSA) is 96.5 Å². The molecule has 0 aliphatic heterocycles. The molecule has 2 aromatic rings. The van der Waals surface area contributed by atoms with E-state index in [1.165, 1.54) is 0 Å². The maximum atomic E-state index is 12.1. The zero-order chi connectivity index (χ0) is 20.2. The van der Waals surface area contributed by atoms with E-state index < -0.39 is 11.8 Å². The van der Waals surface area contributed by atoms with Crippen molar-refractivity contribution in [3.63, 3.8) is 0 Å². The molecule has 0 aliphatic rings. The number of ether oxygens (including phenoxy) is 1. The minimum Gasteiger partial charge on any atom is -0.494 e. The van der Waals surface area contributed by atoms with Crippen LogP contribution in [0.1, 0.15) is 42.1 Å². The maximum absolute atomic E-state index is 12.1. The van der Waals surface area contributed by atoms with Crippen molar-refractivity contribution in [1.29, 1.82) is 0 Å². The normalized spacial score (nSPS) is 10.0. The van der Waals surface area contributed by atoms with Crippen molar-refractivity contribution in [3.05, 3.63) is 65.7 Å². The van der Waals surface area contributed by atoms with Crippen LogP contribution in [0.2, 0.25) is 0 Å². The van der Waals surface area contributed by atoms with E-state index in [2.05, 4.69) is 16.2 Å². The van der Waals surface area contributed by atoms with Gasteiger partial charge in [0.2, 0.25) is 11.8 Å². The van der Waals surface area contributed by atoms with Crippen LogP contribution in [0.15, 0.2) is 54.6 Å². The number of benzene rings is 2. The molecular weight excluding hydrogens is 358 g/mol. The highest BCUT2D eigenvalue weighted by atomic mass is 16.5. The number of rotatable bonds is 9.